The molecule has 3 rings (SSSR count). The van der Waals surface area contributed by atoms with E-state index >= 15 is 0 Å². The van der Waals surface area contributed by atoms with Gasteiger partial charge in [-0.1, -0.05) is 33.8 Å². The number of thioether (sulfide) groups is 1. The van der Waals surface area contributed by atoms with E-state index in [2.05, 4.69) is 31.4 Å². The van der Waals surface area contributed by atoms with Crippen LogP contribution in [-0.2, 0) is 4.79 Å². The molecule has 0 aliphatic rings. The second kappa shape index (κ2) is 8.29. The van der Waals surface area contributed by atoms with Crippen molar-refractivity contribution in [3.05, 3.63) is 58.6 Å². The van der Waals surface area contributed by atoms with Crippen molar-refractivity contribution < 1.29 is 14.0 Å². The average Bonchev–Trinajstić information content (AvgIpc) is 3.09. The number of Topliss-reactive ketones (excluding diaryl/α,β-unsaturated/α-hetero) is 1. The van der Waals surface area contributed by atoms with Crippen molar-refractivity contribution in [2.24, 2.45) is 0 Å². The van der Waals surface area contributed by atoms with Crippen LogP contribution in [0.3, 0.4) is 0 Å². The Morgan fingerprint density at radius 3 is 2.62 bits per heavy atom. The Morgan fingerprint density at radius 1 is 1.15 bits per heavy atom. The molecule has 2 aromatic carbocycles. The molecule has 8 heteroatoms. The number of carbonyl (C=O) groups excluding carboxylic acids is 2. The number of halogens is 1. The molecule has 0 unspecified atom stereocenters. The summed E-state index contributed by atoms with van der Waals surface area (Å²) in [7, 11) is 0. The second-order valence-corrected chi connectivity index (χ2v) is 7.20. The lowest BCUT2D eigenvalue weighted by Crippen LogP contribution is -2.14. The van der Waals surface area contributed by atoms with Crippen LogP contribution in [0.15, 0.2) is 62.6 Å². The van der Waals surface area contributed by atoms with Gasteiger partial charge in [0.25, 0.3) is 5.22 Å². The van der Waals surface area contributed by atoms with Crippen LogP contribution in [0.4, 0.5) is 5.69 Å². The average molecular weight is 432 g/mol. The van der Waals surface area contributed by atoms with Crippen molar-refractivity contribution in [2.45, 2.75) is 12.1 Å². The molecule has 0 atom stereocenters. The lowest BCUT2D eigenvalue weighted by Gasteiger charge is -2.04. The van der Waals surface area contributed by atoms with Crippen LogP contribution in [0, 0.1) is 0 Å². The van der Waals surface area contributed by atoms with Crippen LogP contribution in [0.5, 0.6) is 0 Å². The van der Waals surface area contributed by atoms with Gasteiger partial charge in [-0.05, 0) is 49.4 Å². The quantitative estimate of drug-likeness (QED) is 0.458. The fourth-order valence-corrected chi connectivity index (χ4v) is 3.08. The maximum absolute atomic E-state index is 12.0. The predicted octanol–water partition coefficient (Wildman–Crippen LogP) is 4.43. The highest BCUT2D eigenvalue weighted by Gasteiger charge is 2.12. The number of hydrogen-bond acceptors (Lipinski definition) is 6. The largest absolute Gasteiger partial charge is 0.411 e. The summed E-state index contributed by atoms with van der Waals surface area (Å²) in [4.78, 5) is 23.3. The third-order valence-corrected chi connectivity index (χ3v) is 4.69. The highest BCUT2D eigenvalue weighted by Crippen LogP contribution is 2.25. The van der Waals surface area contributed by atoms with Crippen molar-refractivity contribution in [3.8, 4) is 11.5 Å². The summed E-state index contributed by atoms with van der Waals surface area (Å²) >= 11 is 4.55. The minimum Gasteiger partial charge on any atom is -0.411 e. The maximum atomic E-state index is 12.0. The number of rotatable bonds is 6. The molecule has 0 saturated heterocycles. The van der Waals surface area contributed by atoms with Crippen molar-refractivity contribution in [1.29, 1.82) is 0 Å². The van der Waals surface area contributed by atoms with E-state index in [0.29, 0.717) is 22.4 Å². The highest BCUT2D eigenvalue weighted by molar-refractivity contribution is 9.10. The van der Waals surface area contributed by atoms with Gasteiger partial charge in [-0.25, -0.2) is 0 Å². The molecule has 0 bridgehead atoms. The predicted molar refractivity (Wildman–Crippen MR) is 103 cm³/mol. The summed E-state index contributed by atoms with van der Waals surface area (Å²) in [5.74, 6) is 0.312. The zero-order valence-corrected chi connectivity index (χ0v) is 16.1. The van der Waals surface area contributed by atoms with Crippen molar-refractivity contribution >= 4 is 45.1 Å². The smallest absolute Gasteiger partial charge is 0.277 e. The Kier molecular flexibility index (Phi) is 5.85. The molecule has 3 aromatic rings. The first-order chi connectivity index (χ1) is 12.5. The first-order valence-electron chi connectivity index (χ1n) is 7.64. The van der Waals surface area contributed by atoms with Crippen LogP contribution < -0.4 is 5.32 Å². The summed E-state index contributed by atoms with van der Waals surface area (Å²) < 4.78 is 6.48. The molecule has 132 valence electrons. The Balaban J connectivity index is 1.55. The van der Waals surface area contributed by atoms with Gasteiger partial charge in [0.1, 0.15) is 0 Å². The summed E-state index contributed by atoms with van der Waals surface area (Å²) in [6.07, 6.45) is 0. The molecular formula is C18H14BrN3O3S. The number of aromatic nitrogens is 2. The monoisotopic (exact) mass is 431 g/mol. The van der Waals surface area contributed by atoms with E-state index in [1.165, 1.54) is 6.92 Å². The van der Waals surface area contributed by atoms with Crippen molar-refractivity contribution in [3.63, 3.8) is 0 Å². The Bertz CT molecular complexity index is 941. The van der Waals surface area contributed by atoms with Gasteiger partial charge in [0, 0.05) is 21.3 Å². The SMILES string of the molecule is CC(=O)c1ccc(NC(=O)CSc2nnc(-c3cccc(Br)c3)o2)cc1. The molecule has 1 aromatic heterocycles. The fraction of sp³-hybridized carbons (Fsp3) is 0.111. The molecular weight excluding hydrogens is 418 g/mol. The van der Waals surface area contributed by atoms with Crippen molar-refractivity contribution in [2.75, 3.05) is 11.1 Å². The van der Waals surface area contributed by atoms with Crippen LogP contribution in [0.2, 0.25) is 0 Å². The van der Waals surface area contributed by atoms with E-state index in [0.717, 1.165) is 21.8 Å². The first-order valence-corrected chi connectivity index (χ1v) is 9.42. The minimum absolute atomic E-state index is 0.0175. The lowest BCUT2D eigenvalue weighted by atomic mass is 10.1. The molecule has 1 amide bonds. The second-order valence-electron chi connectivity index (χ2n) is 5.35. The van der Waals surface area contributed by atoms with Crippen LogP contribution in [0.1, 0.15) is 17.3 Å². The third kappa shape index (κ3) is 4.80. The van der Waals surface area contributed by atoms with E-state index in [9.17, 15) is 9.59 Å². The molecule has 0 aliphatic heterocycles. The van der Waals surface area contributed by atoms with Gasteiger partial charge in [0.2, 0.25) is 11.8 Å². The normalized spacial score (nSPS) is 10.5. The van der Waals surface area contributed by atoms with Crippen LogP contribution >= 0.6 is 27.7 Å². The van der Waals surface area contributed by atoms with E-state index in [-0.39, 0.29) is 17.4 Å². The number of nitrogens with one attached hydrogen (secondary N) is 1. The summed E-state index contributed by atoms with van der Waals surface area (Å²) in [6, 6.07) is 14.3. The molecule has 6 nitrogen and oxygen atoms in total. The lowest BCUT2D eigenvalue weighted by molar-refractivity contribution is -0.113. The summed E-state index contributed by atoms with van der Waals surface area (Å²) in [5.41, 5.74) is 2.03. The van der Waals surface area contributed by atoms with E-state index in [1.54, 1.807) is 24.3 Å². The Labute approximate surface area is 162 Å². The molecule has 0 spiro atoms. The Morgan fingerprint density at radius 2 is 1.92 bits per heavy atom. The topological polar surface area (TPSA) is 85.1 Å². The highest BCUT2D eigenvalue weighted by atomic mass is 79.9. The zero-order chi connectivity index (χ0) is 18.5. The Hall–Kier alpha value is -2.45. The molecule has 1 N–H and O–H groups in total. The molecule has 0 radical (unpaired) electrons. The van der Waals surface area contributed by atoms with E-state index in [4.69, 9.17) is 4.42 Å². The third-order valence-electron chi connectivity index (χ3n) is 3.38. The summed E-state index contributed by atoms with van der Waals surface area (Å²) in [6.45, 7) is 1.50. The number of ketones is 1. The van der Waals surface area contributed by atoms with Gasteiger partial charge in [0.05, 0.1) is 5.75 Å². The molecule has 0 saturated carbocycles. The molecule has 0 fully saturated rings. The number of anilines is 1. The summed E-state index contributed by atoms with van der Waals surface area (Å²) in [5, 5.41) is 11.0. The number of nitrogens with zero attached hydrogens (tertiary/aromatic N) is 2. The van der Waals surface area contributed by atoms with Crippen LogP contribution in [-0.4, -0.2) is 27.6 Å². The maximum Gasteiger partial charge on any atom is 0.277 e. The zero-order valence-electron chi connectivity index (χ0n) is 13.7. The number of benzene rings is 2. The molecule has 26 heavy (non-hydrogen) atoms. The van der Waals surface area contributed by atoms with E-state index < -0.39 is 0 Å². The van der Waals surface area contributed by atoms with Gasteiger partial charge in [-0.15, -0.1) is 10.2 Å². The van der Waals surface area contributed by atoms with Gasteiger partial charge in [-0.2, -0.15) is 0 Å². The van der Waals surface area contributed by atoms with Crippen LogP contribution in [0.25, 0.3) is 11.5 Å². The number of carbonyl (C=O) groups is 2. The molecule has 0 aliphatic carbocycles. The van der Waals surface area contributed by atoms with Gasteiger partial charge in [0.15, 0.2) is 5.78 Å². The van der Waals surface area contributed by atoms with Gasteiger partial charge in [-0.3, -0.25) is 9.59 Å². The van der Waals surface area contributed by atoms with Gasteiger partial charge < -0.3 is 9.73 Å². The van der Waals surface area contributed by atoms with E-state index in [1.807, 2.05) is 24.3 Å². The number of hydrogen-bond donors (Lipinski definition) is 1. The standard InChI is InChI=1S/C18H14BrN3O3S/c1-11(23)12-5-7-15(8-6-12)20-16(24)10-26-18-22-21-17(25-18)13-3-2-4-14(19)9-13/h2-9H,10H2,1H3,(H,20,24). The van der Waals surface area contributed by atoms with Gasteiger partial charge >= 0.3 is 0 Å². The van der Waals surface area contributed by atoms with Crippen molar-refractivity contribution in [1.82, 2.24) is 10.2 Å². The minimum atomic E-state index is -0.201. The fourth-order valence-electron chi connectivity index (χ4n) is 2.12. The molecule has 1 heterocycles. The first kappa shape index (κ1) is 18.3. The number of amides is 1.